The van der Waals surface area contributed by atoms with Crippen molar-refractivity contribution in [2.45, 2.75) is 26.7 Å². The van der Waals surface area contributed by atoms with Crippen LogP contribution in [0.3, 0.4) is 0 Å². The van der Waals surface area contributed by atoms with Gasteiger partial charge < -0.3 is 10.0 Å². The molecule has 170 valence electrons. The van der Waals surface area contributed by atoms with E-state index < -0.39 is 11.9 Å². The first-order valence-electron chi connectivity index (χ1n) is 11.3. The molecular weight excluding hydrogens is 426 g/mol. The second-order valence-electron chi connectivity index (χ2n) is 8.75. The summed E-state index contributed by atoms with van der Waals surface area (Å²) in [7, 11) is 0. The van der Waals surface area contributed by atoms with Crippen molar-refractivity contribution >= 4 is 40.7 Å². The van der Waals surface area contributed by atoms with Crippen molar-refractivity contribution in [3.05, 3.63) is 94.6 Å². The van der Waals surface area contributed by atoms with Crippen molar-refractivity contribution in [1.29, 1.82) is 0 Å². The number of anilines is 3. The number of hydrogen-bond acceptors (Lipinski definition) is 4. The molecule has 0 radical (unpaired) electrons. The molecule has 0 saturated heterocycles. The van der Waals surface area contributed by atoms with Gasteiger partial charge >= 0.3 is 5.97 Å². The molecule has 34 heavy (non-hydrogen) atoms. The molecule has 0 atom stereocenters. The van der Waals surface area contributed by atoms with E-state index in [-0.39, 0.29) is 11.3 Å². The fourth-order valence-corrected chi connectivity index (χ4v) is 4.70. The lowest BCUT2D eigenvalue weighted by Gasteiger charge is -2.32. The minimum absolute atomic E-state index is 0.0817. The first-order valence-corrected chi connectivity index (χ1v) is 11.3. The number of fused-ring (bicyclic) bond motifs is 1. The maximum atomic E-state index is 13.1. The van der Waals surface area contributed by atoms with Crippen LogP contribution in [-0.4, -0.2) is 29.2 Å². The number of aryl methyl sites for hydroxylation is 3. The lowest BCUT2D eigenvalue weighted by Crippen LogP contribution is -2.24. The molecule has 0 saturated carbocycles. The van der Waals surface area contributed by atoms with Gasteiger partial charge in [-0.1, -0.05) is 30.3 Å². The van der Waals surface area contributed by atoms with E-state index in [0.717, 1.165) is 35.6 Å². The Morgan fingerprint density at radius 2 is 1.71 bits per heavy atom. The number of benzene rings is 3. The van der Waals surface area contributed by atoms with E-state index in [1.807, 2.05) is 12.1 Å². The molecule has 0 spiro atoms. The van der Waals surface area contributed by atoms with E-state index in [0.29, 0.717) is 5.69 Å². The zero-order chi connectivity index (χ0) is 23.8. The summed E-state index contributed by atoms with van der Waals surface area (Å²) < 4.78 is 0. The van der Waals surface area contributed by atoms with Gasteiger partial charge in [0.1, 0.15) is 0 Å². The van der Waals surface area contributed by atoms with Gasteiger partial charge in [-0.25, -0.2) is 4.79 Å². The second-order valence-corrected chi connectivity index (χ2v) is 8.75. The van der Waals surface area contributed by atoms with E-state index >= 15 is 0 Å². The van der Waals surface area contributed by atoms with Crippen LogP contribution < -0.4 is 9.91 Å². The van der Waals surface area contributed by atoms with E-state index in [2.05, 4.69) is 54.2 Å². The molecule has 0 bridgehead atoms. The van der Waals surface area contributed by atoms with Crippen molar-refractivity contribution in [2.24, 2.45) is 5.10 Å². The Bertz CT molecular complexity index is 1340. The Morgan fingerprint density at radius 3 is 2.41 bits per heavy atom. The fraction of sp³-hybridized carbons (Fsp3) is 0.179. The zero-order valence-electron chi connectivity index (χ0n) is 19.2. The van der Waals surface area contributed by atoms with Gasteiger partial charge in [0.2, 0.25) is 0 Å². The van der Waals surface area contributed by atoms with E-state index in [1.165, 1.54) is 22.4 Å². The van der Waals surface area contributed by atoms with Crippen molar-refractivity contribution in [3.8, 4) is 0 Å². The Labute approximate surface area is 198 Å². The Hall–Kier alpha value is -4.19. The molecule has 0 aliphatic carbocycles. The molecule has 0 unspecified atom stereocenters. The SMILES string of the molecule is Cc1cc(C)cc(N2CCCc3cc(/C=C4\C(=O)N(c5ccccc5)N=C4C(=O)O)ccc32)c1. The number of hydrogen-bond donors (Lipinski definition) is 1. The molecule has 6 nitrogen and oxygen atoms in total. The minimum atomic E-state index is -1.23. The highest BCUT2D eigenvalue weighted by Crippen LogP contribution is 2.35. The van der Waals surface area contributed by atoms with Gasteiger partial charge in [0.25, 0.3) is 5.91 Å². The molecule has 2 heterocycles. The second kappa shape index (κ2) is 8.63. The summed E-state index contributed by atoms with van der Waals surface area (Å²) in [6.45, 7) is 5.15. The Morgan fingerprint density at radius 1 is 0.971 bits per heavy atom. The predicted octanol–water partition coefficient (Wildman–Crippen LogP) is 5.26. The molecule has 0 aromatic heterocycles. The van der Waals surface area contributed by atoms with E-state index in [4.69, 9.17) is 0 Å². The third-order valence-corrected chi connectivity index (χ3v) is 6.13. The summed E-state index contributed by atoms with van der Waals surface area (Å²) in [6, 6.07) is 21.5. The smallest absolute Gasteiger partial charge is 0.357 e. The number of carboxylic acid groups (broad SMARTS) is 1. The zero-order valence-corrected chi connectivity index (χ0v) is 19.2. The number of hydrazone groups is 1. The molecule has 1 N–H and O–H groups in total. The van der Waals surface area contributed by atoms with Crippen molar-refractivity contribution in [3.63, 3.8) is 0 Å². The molecule has 1 amide bonds. The van der Waals surface area contributed by atoms with E-state index in [1.54, 1.807) is 30.3 Å². The Balaban J connectivity index is 1.50. The summed E-state index contributed by atoms with van der Waals surface area (Å²) >= 11 is 0. The van der Waals surface area contributed by atoms with Gasteiger partial charge in [-0.05, 0) is 91.4 Å². The van der Waals surface area contributed by atoms with Crippen LogP contribution in [0.25, 0.3) is 6.08 Å². The number of para-hydroxylation sites is 1. The summed E-state index contributed by atoms with van der Waals surface area (Å²) in [5.74, 6) is -1.67. The van der Waals surface area contributed by atoms with Gasteiger partial charge in [-0.3, -0.25) is 4.79 Å². The van der Waals surface area contributed by atoms with Gasteiger partial charge in [-0.2, -0.15) is 10.1 Å². The van der Waals surface area contributed by atoms with Gasteiger partial charge in [0, 0.05) is 17.9 Å². The molecule has 5 rings (SSSR count). The number of carboxylic acids is 1. The molecule has 3 aromatic rings. The summed E-state index contributed by atoms with van der Waals surface area (Å²) in [5.41, 5.74) is 7.11. The number of aliphatic carboxylic acids is 1. The van der Waals surface area contributed by atoms with Crippen molar-refractivity contribution in [2.75, 3.05) is 16.5 Å². The maximum absolute atomic E-state index is 13.1. The number of amides is 1. The number of carbonyl (C=O) groups excluding carboxylic acids is 1. The molecule has 2 aliphatic heterocycles. The number of nitrogens with zero attached hydrogens (tertiary/aromatic N) is 3. The average Bonchev–Trinajstić information content (AvgIpc) is 3.14. The van der Waals surface area contributed by atoms with Crippen molar-refractivity contribution < 1.29 is 14.7 Å². The highest BCUT2D eigenvalue weighted by molar-refractivity contribution is 6.53. The maximum Gasteiger partial charge on any atom is 0.357 e. The molecule has 6 heteroatoms. The molecule has 2 aliphatic rings. The summed E-state index contributed by atoms with van der Waals surface area (Å²) in [4.78, 5) is 27.3. The predicted molar refractivity (Wildman–Crippen MR) is 135 cm³/mol. The van der Waals surface area contributed by atoms with Gasteiger partial charge in [0.15, 0.2) is 5.71 Å². The van der Waals surface area contributed by atoms with Crippen LogP contribution in [0, 0.1) is 13.8 Å². The fourth-order valence-electron chi connectivity index (χ4n) is 4.70. The number of carbonyl (C=O) groups is 2. The normalized spacial score (nSPS) is 16.6. The van der Waals surface area contributed by atoms with Crippen LogP contribution in [0.15, 0.2) is 77.4 Å². The topological polar surface area (TPSA) is 73.2 Å². The lowest BCUT2D eigenvalue weighted by molar-refractivity contribution is -0.129. The third-order valence-electron chi connectivity index (χ3n) is 6.13. The first kappa shape index (κ1) is 21.6. The first-order chi connectivity index (χ1) is 16.4. The van der Waals surface area contributed by atoms with Crippen LogP contribution in [-0.2, 0) is 16.0 Å². The highest BCUT2D eigenvalue weighted by atomic mass is 16.4. The lowest BCUT2D eigenvalue weighted by atomic mass is 9.96. The number of rotatable bonds is 4. The molecule has 3 aromatic carbocycles. The molecular formula is C28H25N3O3. The molecule has 0 fully saturated rings. The van der Waals surface area contributed by atoms with Gasteiger partial charge in [0.05, 0.1) is 11.3 Å². The summed E-state index contributed by atoms with van der Waals surface area (Å²) in [5, 5.41) is 14.9. The van der Waals surface area contributed by atoms with Crippen LogP contribution in [0.4, 0.5) is 17.1 Å². The van der Waals surface area contributed by atoms with Crippen LogP contribution in [0.1, 0.15) is 28.7 Å². The standard InChI is InChI=1S/C28H25N3O3/c1-18-13-19(2)15-23(14-18)30-12-6-7-21-16-20(10-11-25(21)30)17-24-26(28(33)34)29-31(27(24)32)22-8-4-3-5-9-22/h3-5,8-11,13-17H,6-7,12H2,1-2H3,(H,33,34)/b24-17-. The van der Waals surface area contributed by atoms with Gasteiger partial charge in [-0.15, -0.1) is 0 Å². The summed E-state index contributed by atoms with van der Waals surface area (Å²) in [6.07, 6.45) is 3.58. The highest BCUT2D eigenvalue weighted by Gasteiger charge is 2.35. The average molecular weight is 452 g/mol. The van der Waals surface area contributed by atoms with E-state index in [9.17, 15) is 14.7 Å². The largest absolute Gasteiger partial charge is 0.476 e. The van der Waals surface area contributed by atoms with Crippen molar-refractivity contribution in [1.82, 2.24) is 0 Å². The van der Waals surface area contributed by atoms with Crippen LogP contribution >= 0.6 is 0 Å². The van der Waals surface area contributed by atoms with Crippen LogP contribution in [0.5, 0.6) is 0 Å². The minimum Gasteiger partial charge on any atom is -0.476 e. The third kappa shape index (κ3) is 3.99. The van der Waals surface area contributed by atoms with Crippen LogP contribution in [0.2, 0.25) is 0 Å². The quantitative estimate of drug-likeness (QED) is 0.549. The Kier molecular flexibility index (Phi) is 5.49. The monoisotopic (exact) mass is 451 g/mol.